The average Bonchev–Trinajstić information content (AvgIpc) is 3.28. The van der Waals surface area contributed by atoms with Crippen molar-refractivity contribution in [1.29, 1.82) is 5.26 Å². The van der Waals surface area contributed by atoms with E-state index in [-0.39, 0.29) is 17.6 Å². The number of H-pyrrole nitrogens is 1. The van der Waals surface area contributed by atoms with E-state index in [1.54, 1.807) is 36.0 Å². The fourth-order valence-electron chi connectivity index (χ4n) is 2.73. The van der Waals surface area contributed by atoms with Gasteiger partial charge in [-0.1, -0.05) is 29.3 Å². The van der Waals surface area contributed by atoms with Crippen LogP contribution in [0.1, 0.15) is 41.7 Å². The number of aromatic nitrogens is 4. The summed E-state index contributed by atoms with van der Waals surface area (Å²) in [5, 5.41) is 33.1. The highest BCUT2D eigenvalue weighted by Crippen LogP contribution is 2.29. The first kappa shape index (κ1) is 20.9. The van der Waals surface area contributed by atoms with E-state index in [0.717, 1.165) is 0 Å². The summed E-state index contributed by atoms with van der Waals surface area (Å²) in [4.78, 5) is 12.3. The molecule has 0 aliphatic heterocycles. The molecule has 29 heavy (non-hydrogen) atoms. The van der Waals surface area contributed by atoms with Crippen LogP contribution in [0.5, 0.6) is 0 Å². The van der Waals surface area contributed by atoms with Crippen LogP contribution in [0.25, 0.3) is 11.3 Å². The summed E-state index contributed by atoms with van der Waals surface area (Å²) in [5.41, 5.74) is 2.26. The first-order valence-corrected chi connectivity index (χ1v) is 9.51. The monoisotopic (exact) mass is 432 g/mol. The molecule has 0 saturated carbocycles. The third-order valence-corrected chi connectivity index (χ3v) is 4.79. The summed E-state index contributed by atoms with van der Waals surface area (Å²) in [7, 11) is 0. The number of carbonyl (C=O) groups excluding carboxylic acids is 1. The third-order valence-electron chi connectivity index (χ3n) is 4.20. The van der Waals surface area contributed by atoms with Crippen LogP contribution in [0, 0.1) is 11.3 Å². The van der Waals surface area contributed by atoms with Crippen LogP contribution in [-0.2, 0) is 6.54 Å². The molecule has 1 aromatic carbocycles. The van der Waals surface area contributed by atoms with Gasteiger partial charge in [0.2, 0.25) is 0 Å². The van der Waals surface area contributed by atoms with Gasteiger partial charge in [-0.2, -0.15) is 15.5 Å². The molecule has 0 radical (unpaired) electrons. The Bertz CT molecular complexity index is 1080. The minimum atomic E-state index is -0.734. The molecular formula is C19H18Cl2N6O2. The van der Waals surface area contributed by atoms with E-state index in [0.29, 0.717) is 39.1 Å². The summed E-state index contributed by atoms with van der Waals surface area (Å²) in [6.45, 7) is 3.79. The van der Waals surface area contributed by atoms with Gasteiger partial charge in [0.05, 0.1) is 34.0 Å². The molecule has 0 bridgehead atoms. The van der Waals surface area contributed by atoms with E-state index in [2.05, 4.69) is 20.6 Å². The van der Waals surface area contributed by atoms with Crippen LogP contribution in [0.15, 0.2) is 30.5 Å². The quantitative estimate of drug-likeness (QED) is 0.551. The second-order valence-corrected chi connectivity index (χ2v) is 7.43. The number of amides is 1. The van der Waals surface area contributed by atoms with Crippen LogP contribution in [0.3, 0.4) is 0 Å². The molecule has 0 spiro atoms. The second-order valence-electron chi connectivity index (χ2n) is 6.61. The number of benzene rings is 1. The molecule has 2 heterocycles. The number of hydrogen-bond donors (Lipinski definition) is 3. The fraction of sp³-hybridized carbons (Fsp3) is 0.263. The predicted octanol–water partition coefficient (Wildman–Crippen LogP) is 3.32. The second kappa shape index (κ2) is 8.66. The number of rotatable bonds is 6. The Labute approximate surface area is 177 Å². The molecular weight excluding hydrogens is 415 g/mol. The number of aliphatic hydroxyl groups is 1. The maximum Gasteiger partial charge on any atom is 0.272 e. The van der Waals surface area contributed by atoms with Crippen molar-refractivity contribution in [3.63, 3.8) is 0 Å². The maximum atomic E-state index is 12.3. The Hall–Kier alpha value is -2.86. The third kappa shape index (κ3) is 4.77. The molecule has 3 N–H and O–H groups in total. The molecule has 3 aromatic rings. The minimum Gasteiger partial charge on any atom is -0.387 e. The van der Waals surface area contributed by atoms with Crippen LogP contribution in [0.4, 0.5) is 0 Å². The Morgan fingerprint density at radius 3 is 2.72 bits per heavy atom. The van der Waals surface area contributed by atoms with Crippen molar-refractivity contribution in [2.75, 3.05) is 0 Å². The lowest BCUT2D eigenvalue weighted by Gasteiger charge is -2.13. The van der Waals surface area contributed by atoms with Gasteiger partial charge in [-0.05, 0) is 32.0 Å². The van der Waals surface area contributed by atoms with Gasteiger partial charge in [-0.3, -0.25) is 14.6 Å². The van der Waals surface area contributed by atoms with Crippen molar-refractivity contribution in [2.45, 2.75) is 32.5 Å². The molecule has 1 amide bonds. The zero-order valence-corrected chi connectivity index (χ0v) is 17.2. The molecule has 0 aliphatic carbocycles. The molecule has 150 valence electrons. The van der Waals surface area contributed by atoms with E-state index < -0.39 is 6.10 Å². The number of nitrogens with zero attached hydrogens (tertiary/aromatic N) is 4. The van der Waals surface area contributed by atoms with Crippen molar-refractivity contribution in [2.24, 2.45) is 0 Å². The number of aliphatic hydroxyl groups excluding tert-OH is 1. The van der Waals surface area contributed by atoms with Gasteiger partial charge in [-0.15, -0.1) is 0 Å². The molecule has 1 unspecified atom stereocenters. The van der Waals surface area contributed by atoms with Crippen LogP contribution in [0.2, 0.25) is 10.0 Å². The van der Waals surface area contributed by atoms with E-state index >= 15 is 0 Å². The van der Waals surface area contributed by atoms with Gasteiger partial charge < -0.3 is 10.4 Å². The molecule has 0 fully saturated rings. The largest absolute Gasteiger partial charge is 0.387 e. The van der Waals surface area contributed by atoms with Gasteiger partial charge in [0.1, 0.15) is 17.5 Å². The van der Waals surface area contributed by atoms with Crippen molar-refractivity contribution in [3.05, 3.63) is 57.5 Å². The van der Waals surface area contributed by atoms with E-state index in [1.165, 1.54) is 6.07 Å². The highest BCUT2D eigenvalue weighted by atomic mass is 35.5. The lowest BCUT2D eigenvalue weighted by atomic mass is 10.1. The molecule has 2 atom stereocenters. The average molecular weight is 433 g/mol. The van der Waals surface area contributed by atoms with Gasteiger partial charge in [-0.25, -0.2) is 0 Å². The topological polar surface area (TPSA) is 120 Å². The number of nitrogens with one attached hydrogen (secondary N) is 2. The molecule has 0 saturated heterocycles. The molecule has 8 nitrogen and oxygen atoms in total. The lowest BCUT2D eigenvalue weighted by molar-refractivity contribution is 0.0931. The summed E-state index contributed by atoms with van der Waals surface area (Å²) in [5.74, 6) is -0.363. The first-order chi connectivity index (χ1) is 13.8. The van der Waals surface area contributed by atoms with Crippen LogP contribution in [-0.4, -0.2) is 37.0 Å². The standard InChI is InChI=1S/C19H18Cl2N6O2/c1-10(23-19(29)17-6-16(11(2)28)24-25-17)8-27-9-15(21)18(26-27)12-3-4-13(7-22)14(20)5-12/h3-6,9-11,28H,8H2,1-2H3,(H,23,29)(H,24,25)/t10?,11-/m0/s1. The van der Waals surface area contributed by atoms with Gasteiger partial charge in [0.25, 0.3) is 5.91 Å². The molecule has 2 aromatic heterocycles. The van der Waals surface area contributed by atoms with Crippen molar-refractivity contribution < 1.29 is 9.90 Å². The number of nitriles is 1. The molecule has 3 rings (SSSR count). The number of carbonyl (C=O) groups is 1. The van der Waals surface area contributed by atoms with E-state index in [1.807, 2.05) is 13.0 Å². The summed E-state index contributed by atoms with van der Waals surface area (Å²) < 4.78 is 1.63. The fourth-order valence-corrected chi connectivity index (χ4v) is 3.21. The summed E-state index contributed by atoms with van der Waals surface area (Å²) in [6.07, 6.45) is 0.924. The Kier molecular flexibility index (Phi) is 6.23. The Balaban J connectivity index is 1.69. The van der Waals surface area contributed by atoms with Gasteiger partial charge in [0.15, 0.2) is 0 Å². The van der Waals surface area contributed by atoms with Crippen LogP contribution < -0.4 is 5.32 Å². The highest BCUT2D eigenvalue weighted by molar-refractivity contribution is 6.33. The normalized spacial score (nSPS) is 13.0. The predicted molar refractivity (Wildman–Crippen MR) is 109 cm³/mol. The summed E-state index contributed by atoms with van der Waals surface area (Å²) >= 11 is 12.4. The maximum absolute atomic E-state index is 12.3. The van der Waals surface area contributed by atoms with Crippen molar-refractivity contribution >= 4 is 29.1 Å². The van der Waals surface area contributed by atoms with Gasteiger partial charge in [0, 0.05) is 17.8 Å². The highest BCUT2D eigenvalue weighted by Gasteiger charge is 2.17. The SMILES string of the molecule is CC(Cn1cc(Cl)c(-c2ccc(C#N)c(Cl)c2)n1)NC(=O)c1cc([C@H](C)O)[nH]n1. The van der Waals surface area contributed by atoms with Crippen LogP contribution >= 0.6 is 23.2 Å². The Morgan fingerprint density at radius 2 is 2.10 bits per heavy atom. The lowest BCUT2D eigenvalue weighted by Crippen LogP contribution is -2.36. The zero-order valence-electron chi connectivity index (χ0n) is 15.6. The van der Waals surface area contributed by atoms with Crippen molar-refractivity contribution in [1.82, 2.24) is 25.3 Å². The molecule has 10 heteroatoms. The van der Waals surface area contributed by atoms with Crippen molar-refractivity contribution in [3.8, 4) is 17.3 Å². The number of aromatic amines is 1. The first-order valence-electron chi connectivity index (χ1n) is 8.75. The summed E-state index contributed by atoms with van der Waals surface area (Å²) in [6, 6.07) is 8.23. The molecule has 0 aliphatic rings. The van der Waals surface area contributed by atoms with E-state index in [9.17, 15) is 9.90 Å². The Morgan fingerprint density at radius 1 is 1.34 bits per heavy atom. The minimum absolute atomic E-state index is 0.194. The zero-order chi connectivity index (χ0) is 21.1. The number of halogens is 2. The smallest absolute Gasteiger partial charge is 0.272 e. The number of hydrogen-bond acceptors (Lipinski definition) is 5. The van der Waals surface area contributed by atoms with Gasteiger partial charge >= 0.3 is 0 Å². The van der Waals surface area contributed by atoms with E-state index in [4.69, 9.17) is 28.5 Å².